The van der Waals surface area contributed by atoms with Crippen LogP contribution < -0.4 is 0 Å². The van der Waals surface area contributed by atoms with Crippen LogP contribution in [0.25, 0.3) is 11.1 Å². The number of rotatable bonds is 3. The van der Waals surface area contributed by atoms with Crippen molar-refractivity contribution in [3.05, 3.63) is 77.4 Å². The number of fused-ring (bicyclic) bond motifs is 2. The SMILES string of the molecule is CCc1cc(C)cc(-c2ccc3c(c2)N=C(C2CCCCC2)c2ccccc2S3)c1. The molecular weight excluding hydrogens is 382 g/mol. The van der Waals surface area contributed by atoms with E-state index in [4.69, 9.17) is 4.99 Å². The Labute approximate surface area is 184 Å². The second kappa shape index (κ2) is 8.43. The van der Waals surface area contributed by atoms with Crippen molar-refractivity contribution in [2.24, 2.45) is 10.9 Å². The first kappa shape index (κ1) is 19.6. The van der Waals surface area contributed by atoms with Crippen molar-refractivity contribution in [2.75, 3.05) is 0 Å². The van der Waals surface area contributed by atoms with Gasteiger partial charge in [-0.25, -0.2) is 0 Å². The number of aryl methyl sites for hydroxylation is 2. The maximum atomic E-state index is 5.35. The number of hydrogen-bond donors (Lipinski definition) is 0. The van der Waals surface area contributed by atoms with Gasteiger partial charge in [0.25, 0.3) is 0 Å². The lowest BCUT2D eigenvalue weighted by Crippen LogP contribution is -2.19. The van der Waals surface area contributed by atoms with E-state index in [9.17, 15) is 0 Å². The highest BCUT2D eigenvalue weighted by Gasteiger charge is 2.25. The van der Waals surface area contributed by atoms with Crippen LogP contribution in [0.3, 0.4) is 0 Å². The Morgan fingerprint density at radius 2 is 1.70 bits per heavy atom. The summed E-state index contributed by atoms with van der Waals surface area (Å²) in [5.41, 5.74) is 9.08. The molecule has 152 valence electrons. The van der Waals surface area contributed by atoms with Crippen molar-refractivity contribution in [1.29, 1.82) is 0 Å². The van der Waals surface area contributed by atoms with Gasteiger partial charge in [0, 0.05) is 21.3 Å². The summed E-state index contributed by atoms with van der Waals surface area (Å²) in [6.45, 7) is 4.42. The molecule has 0 saturated heterocycles. The molecule has 30 heavy (non-hydrogen) atoms. The van der Waals surface area contributed by atoms with E-state index >= 15 is 0 Å². The Balaban J connectivity index is 1.63. The summed E-state index contributed by atoms with van der Waals surface area (Å²) < 4.78 is 0. The molecule has 3 aromatic rings. The third kappa shape index (κ3) is 3.86. The molecule has 1 heterocycles. The Hall–Kier alpha value is -2.32. The zero-order chi connectivity index (χ0) is 20.5. The number of hydrogen-bond acceptors (Lipinski definition) is 2. The summed E-state index contributed by atoms with van der Waals surface area (Å²) in [5.74, 6) is 0.584. The van der Waals surface area contributed by atoms with Gasteiger partial charge >= 0.3 is 0 Å². The fourth-order valence-corrected chi connectivity index (χ4v) is 5.88. The largest absolute Gasteiger partial charge is 0.251 e. The molecule has 0 aromatic heterocycles. The van der Waals surface area contributed by atoms with Crippen LogP contribution in [-0.2, 0) is 6.42 Å². The van der Waals surface area contributed by atoms with Crippen molar-refractivity contribution in [3.8, 4) is 11.1 Å². The van der Waals surface area contributed by atoms with E-state index in [0.717, 1.165) is 12.1 Å². The molecule has 1 aliphatic carbocycles. The molecule has 1 nitrogen and oxygen atoms in total. The van der Waals surface area contributed by atoms with E-state index in [1.807, 2.05) is 11.8 Å². The minimum Gasteiger partial charge on any atom is -0.251 e. The third-order valence-electron chi connectivity index (χ3n) is 6.45. The van der Waals surface area contributed by atoms with Crippen molar-refractivity contribution >= 4 is 23.2 Å². The van der Waals surface area contributed by atoms with Crippen molar-refractivity contribution in [3.63, 3.8) is 0 Å². The van der Waals surface area contributed by atoms with Gasteiger partial charge in [0.05, 0.1) is 11.4 Å². The van der Waals surface area contributed by atoms with Crippen LogP contribution in [0.15, 0.2) is 75.4 Å². The summed E-state index contributed by atoms with van der Waals surface area (Å²) in [6.07, 6.45) is 7.63. The van der Waals surface area contributed by atoms with Crippen LogP contribution in [0.2, 0.25) is 0 Å². The first-order chi connectivity index (χ1) is 14.7. The molecule has 3 aromatic carbocycles. The van der Waals surface area contributed by atoms with Crippen LogP contribution in [0.4, 0.5) is 5.69 Å². The first-order valence-corrected chi connectivity index (χ1v) is 12.1. The van der Waals surface area contributed by atoms with Crippen molar-refractivity contribution in [1.82, 2.24) is 0 Å². The zero-order valence-corrected chi connectivity index (χ0v) is 18.8. The minimum absolute atomic E-state index is 0.584. The Morgan fingerprint density at radius 3 is 2.53 bits per heavy atom. The topological polar surface area (TPSA) is 12.4 Å². The summed E-state index contributed by atoms with van der Waals surface area (Å²) in [4.78, 5) is 7.96. The van der Waals surface area contributed by atoms with E-state index in [0.29, 0.717) is 5.92 Å². The maximum Gasteiger partial charge on any atom is 0.0778 e. The van der Waals surface area contributed by atoms with Crippen LogP contribution in [0, 0.1) is 12.8 Å². The van der Waals surface area contributed by atoms with Gasteiger partial charge in [0.1, 0.15) is 0 Å². The quantitative estimate of drug-likeness (QED) is 0.421. The summed E-state index contributed by atoms with van der Waals surface area (Å²) in [7, 11) is 0. The average molecular weight is 412 g/mol. The lowest BCUT2D eigenvalue weighted by molar-refractivity contribution is 0.439. The Kier molecular flexibility index (Phi) is 5.52. The highest BCUT2D eigenvalue weighted by Crippen LogP contribution is 2.44. The van der Waals surface area contributed by atoms with E-state index in [2.05, 4.69) is 74.5 Å². The molecule has 1 aliphatic heterocycles. The van der Waals surface area contributed by atoms with E-state index in [-0.39, 0.29) is 0 Å². The van der Waals surface area contributed by atoms with Gasteiger partial charge in [-0.1, -0.05) is 86.0 Å². The molecule has 5 rings (SSSR count). The highest BCUT2D eigenvalue weighted by molar-refractivity contribution is 7.99. The van der Waals surface area contributed by atoms with Gasteiger partial charge in [-0.2, -0.15) is 0 Å². The molecule has 1 saturated carbocycles. The third-order valence-corrected chi connectivity index (χ3v) is 7.59. The Morgan fingerprint density at radius 1 is 0.867 bits per heavy atom. The lowest BCUT2D eigenvalue weighted by atomic mass is 9.83. The van der Waals surface area contributed by atoms with Crippen LogP contribution in [-0.4, -0.2) is 5.71 Å². The first-order valence-electron chi connectivity index (χ1n) is 11.3. The number of benzene rings is 3. The van der Waals surface area contributed by atoms with Crippen molar-refractivity contribution in [2.45, 2.75) is 62.2 Å². The highest BCUT2D eigenvalue weighted by atomic mass is 32.2. The fourth-order valence-electron chi connectivity index (χ4n) is 4.87. The molecular formula is C28H29NS. The smallest absolute Gasteiger partial charge is 0.0778 e. The number of aliphatic imine (C=N–C) groups is 1. The molecule has 0 N–H and O–H groups in total. The zero-order valence-electron chi connectivity index (χ0n) is 17.9. The second-order valence-electron chi connectivity index (χ2n) is 8.67. The molecule has 1 fully saturated rings. The van der Waals surface area contributed by atoms with Gasteiger partial charge in [0.15, 0.2) is 0 Å². The van der Waals surface area contributed by atoms with E-state index < -0.39 is 0 Å². The van der Waals surface area contributed by atoms with E-state index in [1.165, 1.54) is 75.4 Å². The van der Waals surface area contributed by atoms with Gasteiger partial charge in [-0.3, -0.25) is 4.99 Å². The van der Waals surface area contributed by atoms with Crippen LogP contribution in [0.5, 0.6) is 0 Å². The monoisotopic (exact) mass is 411 g/mol. The molecule has 0 amide bonds. The second-order valence-corrected chi connectivity index (χ2v) is 9.76. The van der Waals surface area contributed by atoms with Crippen LogP contribution >= 0.6 is 11.8 Å². The summed E-state index contributed by atoms with van der Waals surface area (Å²) in [5, 5.41) is 0. The predicted octanol–water partition coefficient (Wildman–Crippen LogP) is 8.39. The van der Waals surface area contributed by atoms with Gasteiger partial charge in [-0.05, 0) is 61.1 Å². The number of nitrogens with zero attached hydrogens (tertiary/aromatic N) is 1. The Bertz CT molecular complexity index is 1110. The summed E-state index contributed by atoms with van der Waals surface area (Å²) in [6, 6.07) is 22.6. The van der Waals surface area contributed by atoms with Gasteiger partial charge in [0.2, 0.25) is 0 Å². The van der Waals surface area contributed by atoms with Crippen LogP contribution in [0.1, 0.15) is 55.7 Å². The van der Waals surface area contributed by atoms with E-state index in [1.54, 1.807) is 0 Å². The standard InChI is InChI=1S/C28H29NS/c1-3-20-15-19(2)16-23(17-20)22-13-14-27-25(18-22)29-28(21-9-5-4-6-10-21)24-11-7-8-12-26(24)30-27/h7-8,11-18,21H,3-6,9-10H2,1-2H3. The molecule has 2 heteroatoms. The molecule has 0 spiro atoms. The van der Waals surface area contributed by atoms with Crippen molar-refractivity contribution < 1.29 is 0 Å². The summed E-state index contributed by atoms with van der Waals surface area (Å²) >= 11 is 1.87. The maximum absolute atomic E-state index is 5.35. The average Bonchev–Trinajstić information content (AvgIpc) is 2.95. The fraction of sp³-hybridized carbons (Fsp3) is 0.321. The molecule has 2 aliphatic rings. The molecule has 0 atom stereocenters. The molecule has 0 unspecified atom stereocenters. The predicted molar refractivity (Wildman–Crippen MR) is 129 cm³/mol. The minimum atomic E-state index is 0.584. The normalized spacial score (nSPS) is 16.4. The lowest BCUT2D eigenvalue weighted by Gasteiger charge is -2.24. The molecule has 0 radical (unpaired) electrons. The van der Waals surface area contributed by atoms with Gasteiger partial charge < -0.3 is 0 Å². The molecule has 0 bridgehead atoms. The van der Waals surface area contributed by atoms with Gasteiger partial charge in [-0.15, -0.1) is 0 Å².